The predicted molar refractivity (Wildman–Crippen MR) is 64.3 cm³/mol. The van der Waals surface area contributed by atoms with E-state index in [1.807, 2.05) is 4.68 Å². The van der Waals surface area contributed by atoms with Crippen molar-refractivity contribution >= 4 is 27.0 Å². The quantitative estimate of drug-likeness (QED) is 0.856. The average Bonchev–Trinajstić information content (AvgIpc) is 2.61. The molecule has 0 amide bonds. The number of rotatable bonds is 2. The zero-order valence-corrected chi connectivity index (χ0v) is 10.8. The van der Waals surface area contributed by atoms with Gasteiger partial charge in [-0.25, -0.2) is 9.07 Å². The highest BCUT2D eigenvalue weighted by Crippen LogP contribution is 2.35. The fourth-order valence-electron chi connectivity index (χ4n) is 2.13. The van der Waals surface area contributed by atoms with Crippen LogP contribution in [0, 0.1) is 5.82 Å². The first-order valence-corrected chi connectivity index (χ1v) is 6.21. The minimum Gasteiger partial charge on any atom is -0.381 e. The number of benzene rings is 1. The van der Waals surface area contributed by atoms with Crippen LogP contribution in [0.2, 0.25) is 0 Å². The van der Waals surface area contributed by atoms with Crippen LogP contribution in [0.5, 0.6) is 0 Å². The Labute approximate surface area is 106 Å². The summed E-state index contributed by atoms with van der Waals surface area (Å²) in [6, 6.07) is 3.43. The van der Waals surface area contributed by atoms with Crippen molar-refractivity contribution in [3.05, 3.63) is 22.4 Å². The fraction of sp³-hybridized carbons (Fsp3) is 0.455. The lowest BCUT2D eigenvalue weighted by molar-refractivity contribution is 0.00332. The van der Waals surface area contributed by atoms with Gasteiger partial charge in [0.05, 0.1) is 22.1 Å². The first kappa shape index (κ1) is 11.1. The minimum atomic E-state index is -0.312. The third-order valence-electron chi connectivity index (χ3n) is 3.26. The van der Waals surface area contributed by atoms with E-state index in [4.69, 9.17) is 4.74 Å². The van der Waals surface area contributed by atoms with E-state index >= 15 is 0 Å². The zero-order valence-electron chi connectivity index (χ0n) is 9.23. The maximum Gasteiger partial charge on any atom is 0.139 e. The van der Waals surface area contributed by atoms with Crippen molar-refractivity contribution < 1.29 is 9.13 Å². The van der Waals surface area contributed by atoms with Gasteiger partial charge < -0.3 is 4.74 Å². The molecule has 0 saturated heterocycles. The van der Waals surface area contributed by atoms with Crippen LogP contribution in [0.25, 0.3) is 11.0 Å². The Bertz CT molecular complexity index is 565. The van der Waals surface area contributed by atoms with Crippen LogP contribution >= 0.6 is 15.9 Å². The molecule has 1 heterocycles. The van der Waals surface area contributed by atoms with Crippen molar-refractivity contribution in [3.63, 3.8) is 0 Å². The first-order chi connectivity index (χ1) is 8.19. The normalized spacial score (nSPS) is 23.9. The van der Waals surface area contributed by atoms with E-state index in [1.165, 1.54) is 6.07 Å². The average molecular weight is 300 g/mol. The van der Waals surface area contributed by atoms with Gasteiger partial charge in [0.2, 0.25) is 0 Å². The SMILES string of the molecule is COC1CC(n2nnc3cc(F)c(Br)cc32)C1. The summed E-state index contributed by atoms with van der Waals surface area (Å²) < 4.78 is 20.9. The summed E-state index contributed by atoms with van der Waals surface area (Å²) in [6.45, 7) is 0. The van der Waals surface area contributed by atoms with Gasteiger partial charge >= 0.3 is 0 Å². The number of hydrogen-bond acceptors (Lipinski definition) is 3. The van der Waals surface area contributed by atoms with Crippen molar-refractivity contribution in [1.82, 2.24) is 15.0 Å². The third kappa shape index (κ3) is 1.75. The number of aromatic nitrogens is 3. The van der Waals surface area contributed by atoms with Gasteiger partial charge in [-0.15, -0.1) is 5.10 Å². The van der Waals surface area contributed by atoms with Crippen LogP contribution in [0.15, 0.2) is 16.6 Å². The lowest BCUT2D eigenvalue weighted by Crippen LogP contribution is -2.33. The zero-order chi connectivity index (χ0) is 12.0. The molecule has 3 rings (SSSR count). The summed E-state index contributed by atoms with van der Waals surface area (Å²) in [5, 5.41) is 8.08. The Morgan fingerprint density at radius 2 is 2.24 bits per heavy atom. The third-order valence-corrected chi connectivity index (χ3v) is 3.87. The molecule has 4 nitrogen and oxygen atoms in total. The van der Waals surface area contributed by atoms with E-state index in [-0.39, 0.29) is 5.82 Å². The van der Waals surface area contributed by atoms with Gasteiger partial charge in [0.25, 0.3) is 0 Å². The highest BCUT2D eigenvalue weighted by atomic mass is 79.9. The Kier molecular flexibility index (Phi) is 2.63. The van der Waals surface area contributed by atoms with Crippen molar-refractivity contribution in [3.8, 4) is 0 Å². The molecule has 1 aliphatic carbocycles. The molecule has 17 heavy (non-hydrogen) atoms. The van der Waals surface area contributed by atoms with E-state index in [0.29, 0.717) is 22.1 Å². The molecular formula is C11H11BrFN3O. The minimum absolute atomic E-state index is 0.308. The summed E-state index contributed by atoms with van der Waals surface area (Å²) in [5.74, 6) is -0.312. The molecule has 1 aromatic carbocycles. The van der Waals surface area contributed by atoms with Crippen molar-refractivity contribution in [1.29, 1.82) is 0 Å². The number of fused-ring (bicyclic) bond motifs is 1. The lowest BCUT2D eigenvalue weighted by atomic mass is 9.89. The molecule has 1 aromatic heterocycles. The van der Waals surface area contributed by atoms with Crippen LogP contribution in [0.4, 0.5) is 4.39 Å². The summed E-state index contributed by atoms with van der Waals surface area (Å²) in [4.78, 5) is 0. The van der Waals surface area contributed by atoms with Gasteiger partial charge in [-0.05, 0) is 34.8 Å². The number of halogens is 2. The summed E-state index contributed by atoms with van der Waals surface area (Å²) in [7, 11) is 1.71. The number of methoxy groups -OCH3 is 1. The van der Waals surface area contributed by atoms with Gasteiger partial charge in [0.1, 0.15) is 11.3 Å². The first-order valence-electron chi connectivity index (χ1n) is 5.42. The smallest absolute Gasteiger partial charge is 0.139 e. The molecule has 1 fully saturated rings. The molecule has 1 saturated carbocycles. The van der Waals surface area contributed by atoms with E-state index in [0.717, 1.165) is 18.4 Å². The van der Waals surface area contributed by atoms with E-state index in [9.17, 15) is 4.39 Å². The van der Waals surface area contributed by atoms with Crippen LogP contribution in [0.3, 0.4) is 0 Å². The van der Waals surface area contributed by atoms with Gasteiger partial charge in [-0.1, -0.05) is 5.21 Å². The molecule has 6 heteroatoms. The monoisotopic (exact) mass is 299 g/mol. The maximum absolute atomic E-state index is 13.3. The molecule has 0 unspecified atom stereocenters. The number of hydrogen-bond donors (Lipinski definition) is 0. The van der Waals surface area contributed by atoms with Crippen molar-refractivity contribution in [2.24, 2.45) is 0 Å². The maximum atomic E-state index is 13.3. The summed E-state index contributed by atoms with van der Waals surface area (Å²) in [6.07, 6.45) is 2.18. The van der Waals surface area contributed by atoms with Crippen LogP contribution in [0.1, 0.15) is 18.9 Å². The molecule has 2 aromatic rings. The van der Waals surface area contributed by atoms with Gasteiger partial charge in [-0.3, -0.25) is 0 Å². The number of ether oxygens (including phenoxy) is 1. The molecule has 0 radical (unpaired) electrons. The Morgan fingerprint density at radius 1 is 1.47 bits per heavy atom. The van der Waals surface area contributed by atoms with Gasteiger partial charge in [0.15, 0.2) is 0 Å². The second-order valence-electron chi connectivity index (χ2n) is 4.27. The molecule has 0 atom stereocenters. The van der Waals surface area contributed by atoms with E-state index in [2.05, 4.69) is 26.2 Å². The molecule has 90 valence electrons. The molecule has 1 aliphatic rings. The summed E-state index contributed by atoms with van der Waals surface area (Å²) in [5.41, 5.74) is 1.45. The van der Waals surface area contributed by atoms with Crippen molar-refractivity contribution in [2.75, 3.05) is 7.11 Å². The molecule has 0 aliphatic heterocycles. The standard InChI is InChI=1S/C11H11BrFN3O/c1-17-7-2-6(3-7)16-11-4-8(12)9(13)5-10(11)14-15-16/h4-7H,2-3H2,1H3. The highest BCUT2D eigenvalue weighted by molar-refractivity contribution is 9.10. The van der Waals surface area contributed by atoms with E-state index in [1.54, 1.807) is 13.2 Å². The van der Waals surface area contributed by atoms with Crippen LogP contribution < -0.4 is 0 Å². The molecule has 0 spiro atoms. The topological polar surface area (TPSA) is 39.9 Å². The van der Waals surface area contributed by atoms with Crippen LogP contribution in [-0.4, -0.2) is 28.2 Å². The Balaban J connectivity index is 1.98. The highest BCUT2D eigenvalue weighted by Gasteiger charge is 2.32. The molecule has 0 N–H and O–H groups in total. The Hall–Kier alpha value is -1.01. The van der Waals surface area contributed by atoms with E-state index < -0.39 is 0 Å². The van der Waals surface area contributed by atoms with Gasteiger partial charge in [-0.2, -0.15) is 0 Å². The number of nitrogens with zero attached hydrogens (tertiary/aromatic N) is 3. The van der Waals surface area contributed by atoms with Gasteiger partial charge in [0, 0.05) is 13.2 Å². The molecular weight excluding hydrogens is 289 g/mol. The summed E-state index contributed by atoms with van der Waals surface area (Å²) >= 11 is 3.18. The van der Waals surface area contributed by atoms with Crippen molar-refractivity contribution in [2.45, 2.75) is 25.0 Å². The Morgan fingerprint density at radius 3 is 2.94 bits per heavy atom. The lowest BCUT2D eigenvalue weighted by Gasteiger charge is -2.34. The fourth-order valence-corrected chi connectivity index (χ4v) is 2.47. The van der Waals surface area contributed by atoms with Crippen LogP contribution in [-0.2, 0) is 4.74 Å². The second-order valence-corrected chi connectivity index (χ2v) is 5.13. The second kappa shape index (κ2) is 4.03. The predicted octanol–water partition coefficient (Wildman–Crippen LogP) is 2.68. The molecule has 0 bridgehead atoms. The largest absolute Gasteiger partial charge is 0.381 e.